The van der Waals surface area contributed by atoms with E-state index in [2.05, 4.69) is 6.92 Å². The van der Waals surface area contributed by atoms with Crippen LogP contribution in [-0.2, 0) is 0 Å². The maximum absolute atomic E-state index is 9.45. The lowest BCUT2D eigenvalue weighted by Crippen LogP contribution is -2.34. The third-order valence-corrected chi connectivity index (χ3v) is 3.81. The molecule has 1 heterocycles. The van der Waals surface area contributed by atoms with Crippen molar-refractivity contribution in [2.24, 2.45) is 0 Å². The molecule has 0 aromatic heterocycles. The Morgan fingerprint density at radius 3 is 2.35 bits per heavy atom. The number of hydrogen-bond acceptors (Lipinski definition) is 3. The van der Waals surface area contributed by atoms with E-state index in [0.29, 0.717) is 5.75 Å². The Labute approximate surface area is 121 Å². The van der Waals surface area contributed by atoms with Crippen molar-refractivity contribution < 1.29 is 14.6 Å². The molecule has 1 aromatic carbocycles. The molecule has 2 rings (SSSR count). The third kappa shape index (κ3) is 4.06. The van der Waals surface area contributed by atoms with E-state index in [0.717, 1.165) is 18.6 Å². The molecular formula is C17H26O3. The maximum atomic E-state index is 9.45. The number of fused-ring (bicyclic) bond motifs is 1. The predicted molar refractivity (Wildman–Crippen MR) is 80.4 cm³/mol. The minimum atomic E-state index is -0.570. The van der Waals surface area contributed by atoms with Crippen LogP contribution in [0.3, 0.4) is 0 Å². The Balaban J connectivity index is 1.69. The molecule has 1 aliphatic rings. The van der Waals surface area contributed by atoms with Crippen LogP contribution in [0, 0.1) is 0 Å². The van der Waals surface area contributed by atoms with E-state index in [4.69, 9.17) is 9.47 Å². The minimum Gasteiger partial charge on any atom is -0.508 e. The van der Waals surface area contributed by atoms with Gasteiger partial charge in [0, 0.05) is 19.4 Å². The summed E-state index contributed by atoms with van der Waals surface area (Å²) in [6.07, 6.45) is 9.86. The molecule has 3 nitrogen and oxygen atoms in total. The van der Waals surface area contributed by atoms with Gasteiger partial charge < -0.3 is 14.6 Å². The fourth-order valence-corrected chi connectivity index (χ4v) is 2.65. The van der Waals surface area contributed by atoms with Crippen molar-refractivity contribution in [3.8, 4) is 17.2 Å². The average molecular weight is 278 g/mol. The first kappa shape index (κ1) is 15.0. The zero-order chi connectivity index (χ0) is 14.4. The summed E-state index contributed by atoms with van der Waals surface area (Å²) in [6, 6.07) is 5.01. The molecule has 0 saturated heterocycles. The summed E-state index contributed by atoms with van der Waals surface area (Å²) < 4.78 is 11.7. The van der Waals surface area contributed by atoms with E-state index in [1.165, 1.54) is 38.5 Å². The summed E-state index contributed by atoms with van der Waals surface area (Å²) in [5, 5.41) is 9.45. The summed E-state index contributed by atoms with van der Waals surface area (Å²) in [5.41, 5.74) is 0. The third-order valence-electron chi connectivity index (χ3n) is 3.81. The molecule has 1 atom stereocenters. The van der Waals surface area contributed by atoms with Gasteiger partial charge in [-0.3, -0.25) is 0 Å². The van der Waals surface area contributed by atoms with Gasteiger partial charge in [-0.2, -0.15) is 0 Å². The molecule has 0 amide bonds. The first-order valence-corrected chi connectivity index (χ1v) is 7.84. The molecule has 3 heteroatoms. The quantitative estimate of drug-likeness (QED) is 0.678. The lowest BCUT2D eigenvalue weighted by Gasteiger charge is -2.22. The van der Waals surface area contributed by atoms with Crippen molar-refractivity contribution in [3.05, 3.63) is 18.2 Å². The van der Waals surface area contributed by atoms with Gasteiger partial charge in [-0.15, -0.1) is 0 Å². The van der Waals surface area contributed by atoms with E-state index in [9.17, 15) is 5.11 Å². The highest BCUT2D eigenvalue weighted by atomic mass is 16.7. The Morgan fingerprint density at radius 1 is 0.950 bits per heavy atom. The number of ether oxygens (including phenoxy) is 2. The van der Waals surface area contributed by atoms with Crippen molar-refractivity contribution in [1.82, 2.24) is 0 Å². The van der Waals surface area contributed by atoms with E-state index in [1.807, 2.05) is 6.92 Å². The SMILES string of the molecule is CCCCCCCCCC1(C)Oc2ccc(O)cc2O1. The lowest BCUT2D eigenvalue weighted by atomic mass is 10.1. The molecule has 0 spiro atoms. The van der Waals surface area contributed by atoms with E-state index in [1.54, 1.807) is 18.2 Å². The highest BCUT2D eigenvalue weighted by Crippen LogP contribution is 2.42. The Kier molecular flexibility index (Phi) is 5.16. The molecule has 0 fully saturated rings. The van der Waals surface area contributed by atoms with Gasteiger partial charge in [0.05, 0.1) is 0 Å². The Hall–Kier alpha value is -1.38. The molecule has 1 unspecified atom stereocenters. The van der Waals surface area contributed by atoms with Gasteiger partial charge in [0.1, 0.15) is 5.75 Å². The van der Waals surface area contributed by atoms with Gasteiger partial charge in [-0.05, 0) is 18.6 Å². The lowest BCUT2D eigenvalue weighted by molar-refractivity contribution is -0.0696. The van der Waals surface area contributed by atoms with Crippen molar-refractivity contribution in [2.75, 3.05) is 0 Å². The number of hydrogen-bond donors (Lipinski definition) is 1. The topological polar surface area (TPSA) is 38.7 Å². The van der Waals surface area contributed by atoms with Crippen LogP contribution >= 0.6 is 0 Å². The predicted octanol–water partition coefficient (Wildman–Crippen LogP) is 5.02. The average Bonchev–Trinajstić information content (AvgIpc) is 2.73. The second-order valence-corrected chi connectivity index (χ2v) is 5.84. The largest absolute Gasteiger partial charge is 0.508 e. The second-order valence-electron chi connectivity index (χ2n) is 5.84. The van der Waals surface area contributed by atoms with Crippen molar-refractivity contribution in [3.63, 3.8) is 0 Å². The molecule has 1 N–H and O–H groups in total. The molecule has 0 aliphatic carbocycles. The van der Waals surface area contributed by atoms with Crippen LogP contribution in [0.15, 0.2) is 18.2 Å². The summed E-state index contributed by atoms with van der Waals surface area (Å²) in [7, 11) is 0. The van der Waals surface area contributed by atoms with Crippen LogP contribution in [0.5, 0.6) is 17.2 Å². The number of aromatic hydroxyl groups is 1. The second kappa shape index (κ2) is 6.87. The van der Waals surface area contributed by atoms with Crippen LogP contribution in [0.2, 0.25) is 0 Å². The van der Waals surface area contributed by atoms with Gasteiger partial charge in [0.25, 0.3) is 0 Å². The smallest absolute Gasteiger partial charge is 0.248 e. The number of phenolic OH excluding ortho intramolecular Hbond substituents is 1. The van der Waals surface area contributed by atoms with Gasteiger partial charge in [0.2, 0.25) is 5.79 Å². The number of unbranched alkanes of at least 4 members (excludes halogenated alkanes) is 6. The molecule has 112 valence electrons. The summed E-state index contributed by atoms with van der Waals surface area (Å²) >= 11 is 0. The van der Waals surface area contributed by atoms with E-state index in [-0.39, 0.29) is 5.75 Å². The van der Waals surface area contributed by atoms with Gasteiger partial charge >= 0.3 is 0 Å². The van der Waals surface area contributed by atoms with Crippen LogP contribution in [0.25, 0.3) is 0 Å². The normalized spacial score (nSPS) is 20.3. The number of rotatable bonds is 8. The van der Waals surface area contributed by atoms with Crippen LogP contribution < -0.4 is 9.47 Å². The summed E-state index contributed by atoms with van der Waals surface area (Å²) in [5.74, 6) is 1.02. The van der Waals surface area contributed by atoms with Gasteiger partial charge in [0.15, 0.2) is 11.5 Å². The number of benzene rings is 1. The zero-order valence-electron chi connectivity index (χ0n) is 12.7. The van der Waals surface area contributed by atoms with Crippen LogP contribution in [0.1, 0.15) is 65.2 Å². The van der Waals surface area contributed by atoms with Crippen LogP contribution in [-0.4, -0.2) is 10.9 Å². The maximum Gasteiger partial charge on any atom is 0.248 e. The Bertz CT molecular complexity index is 430. The molecule has 0 saturated carbocycles. The minimum absolute atomic E-state index is 0.215. The molecule has 1 aliphatic heterocycles. The zero-order valence-corrected chi connectivity index (χ0v) is 12.7. The van der Waals surface area contributed by atoms with Crippen molar-refractivity contribution >= 4 is 0 Å². The number of phenols is 1. The molecular weight excluding hydrogens is 252 g/mol. The monoisotopic (exact) mass is 278 g/mol. The van der Waals surface area contributed by atoms with Gasteiger partial charge in [-0.1, -0.05) is 45.4 Å². The molecule has 0 bridgehead atoms. The first-order chi connectivity index (χ1) is 9.63. The molecule has 0 radical (unpaired) electrons. The van der Waals surface area contributed by atoms with Crippen molar-refractivity contribution in [2.45, 2.75) is 71.0 Å². The molecule has 20 heavy (non-hydrogen) atoms. The van der Waals surface area contributed by atoms with Crippen LogP contribution in [0.4, 0.5) is 0 Å². The van der Waals surface area contributed by atoms with Crippen molar-refractivity contribution in [1.29, 1.82) is 0 Å². The highest BCUT2D eigenvalue weighted by molar-refractivity contribution is 5.47. The molecule has 1 aromatic rings. The fourth-order valence-electron chi connectivity index (χ4n) is 2.65. The van der Waals surface area contributed by atoms with E-state index >= 15 is 0 Å². The summed E-state index contributed by atoms with van der Waals surface area (Å²) in [4.78, 5) is 0. The standard InChI is InChI=1S/C17H26O3/c1-3-4-5-6-7-8-9-12-17(2)19-15-11-10-14(18)13-16(15)20-17/h10-11,13,18H,3-9,12H2,1-2H3. The van der Waals surface area contributed by atoms with E-state index < -0.39 is 5.79 Å². The Morgan fingerprint density at radius 2 is 1.60 bits per heavy atom. The van der Waals surface area contributed by atoms with Gasteiger partial charge in [-0.25, -0.2) is 0 Å². The first-order valence-electron chi connectivity index (χ1n) is 7.84. The highest BCUT2D eigenvalue weighted by Gasteiger charge is 2.36. The summed E-state index contributed by atoms with van der Waals surface area (Å²) in [6.45, 7) is 4.21. The fraction of sp³-hybridized carbons (Fsp3) is 0.647.